The first-order chi connectivity index (χ1) is 4.60. The van der Waals surface area contributed by atoms with Crippen LogP contribution in [0, 0.1) is 0 Å². The van der Waals surface area contributed by atoms with Gasteiger partial charge in [-0.15, -0.1) is 0 Å². The number of hydrogen-bond donors (Lipinski definition) is 3. The Kier molecular flexibility index (Phi) is 1.74. The number of carbonyl (C=O) groups excluding carboxylic acids is 1. The number of nitrogens with zero attached hydrogens (tertiary/aromatic N) is 1. The van der Waals surface area contributed by atoms with Gasteiger partial charge < -0.3 is 10.2 Å². The number of β-amino-alcohol motifs (C(OH)–C–C–N with tert-alkyl or cyclic N) is 1. The van der Waals surface area contributed by atoms with Gasteiger partial charge in [0.25, 0.3) is 0 Å². The molecule has 1 fully saturated rings. The molecule has 58 valence electrons. The summed E-state index contributed by atoms with van der Waals surface area (Å²) in [6.45, 7) is 0.200. The molecule has 0 aliphatic carbocycles. The van der Waals surface area contributed by atoms with E-state index in [0.29, 0.717) is 6.29 Å². The van der Waals surface area contributed by atoms with Gasteiger partial charge in [0, 0.05) is 6.54 Å². The zero-order valence-corrected chi connectivity index (χ0v) is 5.61. The van der Waals surface area contributed by atoms with Crippen LogP contribution in [0.3, 0.4) is 0 Å². The fraction of sp³-hybridized carbons (Fsp3) is 0.800. The van der Waals surface area contributed by atoms with Gasteiger partial charge in [0.15, 0.2) is 6.29 Å². The zero-order valence-electron chi connectivity index (χ0n) is 5.61. The van der Waals surface area contributed by atoms with Crippen LogP contribution in [-0.2, 0) is 4.79 Å². The Balaban J connectivity index is 2.73. The molecule has 1 heterocycles. The highest BCUT2D eigenvalue weighted by Gasteiger charge is 2.41. The van der Waals surface area contributed by atoms with Crippen LogP contribution >= 0.6 is 0 Å². The predicted molar refractivity (Wildman–Crippen MR) is 32.8 cm³/mol. The molecule has 0 saturated carbocycles. The molecule has 5 nitrogen and oxygen atoms in total. The number of aldehydes is 1. The summed E-state index contributed by atoms with van der Waals surface area (Å²) in [6, 6.07) is 0. The molecule has 0 aromatic rings. The second kappa shape index (κ2) is 2.28. The molecule has 2 unspecified atom stereocenters. The van der Waals surface area contributed by atoms with E-state index >= 15 is 0 Å². The Morgan fingerprint density at radius 3 is 2.70 bits per heavy atom. The molecule has 0 aromatic heterocycles. The molecule has 0 amide bonds. The van der Waals surface area contributed by atoms with Crippen molar-refractivity contribution in [2.24, 2.45) is 0 Å². The van der Waals surface area contributed by atoms with Crippen LogP contribution in [0.15, 0.2) is 0 Å². The van der Waals surface area contributed by atoms with E-state index < -0.39 is 12.1 Å². The van der Waals surface area contributed by atoms with E-state index in [1.54, 1.807) is 0 Å². The summed E-state index contributed by atoms with van der Waals surface area (Å²) in [5.41, 5.74) is 0. The third kappa shape index (κ3) is 0.929. The largest absolute Gasteiger partial charge is 0.377 e. The first kappa shape index (κ1) is 7.62. The molecule has 0 aromatic carbocycles. The molecule has 0 radical (unpaired) electrons. The monoisotopic (exact) mass is 146 g/mol. The molecule has 3 N–H and O–H groups in total. The number of carbonyl (C=O) groups is 1. The van der Waals surface area contributed by atoms with Crippen molar-refractivity contribution in [3.63, 3.8) is 0 Å². The molecular weight excluding hydrogens is 136 g/mol. The summed E-state index contributed by atoms with van der Waals surface area (Å²) in [6.07, 6.45) is -0.446. The highest BCUT2D eigenvalue weighted by atomic mass is 16.4. The normalized spacial score (nSPS) is 42.1. The second-order valence-electron chi connectivity index (χ2n) is 2.32. The van der Waals surface area contributed by atoms with Crippen LogP contribution < -0.4 is 5.32 Å². The molecule has 1 aliphatic rings. The minimum Gasteiger partial charge on any atom is -0.377 e. The number of aliphatic hydroxyl groups excluding tert-OH is 1. The first-order valence-electron chi connectivity index (χ1n) is 2.95. The molecule has 2 atom stereocenters. The van der Waals surface area contributed by atoms with E-state index in [0.717, 1.165) is 4.90 Å². The van der Waals surface area contributed by atoms with Gasteiger partial charge in [-0.1, -0.05) is 0 Å². The van der Waals surface area contributed by atoms with Gasteiger partial charge in [-0.05, 0) is 7.05 Å². The number of likely N-dealkylation sites (N-methyl/N-ethyl adjacent to an activating group) is 1. The van der Waals surface area contributed by atoms with Gasteiger partial charge in [0.05, 0.1) is 0 Å². The lowest BCUT2D eigenvalue weighted by Gasteiger charge is -2.24. The molecular formula is C5H10N2O3. The van der Waals surface area contributed by atoms with Crippen LogP contribution in [0.5, 0.6) is 0 Å². The van der Waals surface area contributed by atoms with E-state index in [9.17, 15) is 9.90 Å². The average Bonchev–Trinajstić information content (AvgIpc) is 2.19. The first-order valence-corrected chi connectivity index (χ1v) is 2.95. The van der Waals surface area contributed by atoms with Crippen molar-refractivity contribution in [3.8, 4) is 0 Å². The smallest absolute Gasteiger partial charge is 0.235 e. The maximum Gasteiger partial charge on any atom is 0.235 e. The van der Waals surface area contributed by atoms with Gasteiger partial charge in [-0.2, -0.15) is 0 Å². The van der Waals surface area contributed by atoms with Crippen molar-refractivity contribution in [2.75, 3.05) is 13.6 Å². The third-order valence-corrected chi connectivity index (χ3v) is 1.69. The zero-order chi connectivity index (χ0) is 7.78. The van der Waals surface area contributed by atoms with E-state index in [1.807, 2.05) is 0 Å². The van der Waals surface area contributed by atoms with Gasteiger partial charge in [-0.3, -0.25) is 10.1 Å². The molecule has 0 spiro atoms. The lowest BCUT2D eigenvalue weighted by Crippen LogP contribution is -2.52. The number of nitrogens with one attached hydrogen (secondary N) is 1. The Bertz CT molecular complexity index is 152. The summed E-state index contributed by atoms with van der Waals surface area (Å²) in [4.78, 5) is 11.4. The quantitative estimate of drug-likeness (QED) is 0.362. The summed E-state index contributed by atoms with van der Waals surface area (Å²) in [5.74, 6) is -1.68. The fourth-order valence-corrected chi connectivity index (χ4v) is 0.855. The molecule has 0 bridgehead atoms. The van der Waals surface area contributed by atoms with Crippen LogP contribution in [0.1, 0.15) is 0 Å². The Labute approximate surface area is 58.3 Å². The lowest BCUT2D eigenvalue weighted by molar-refractivity contribution is -0.153. The molecule has 1 aliphatic heterocycles. The van der Waals surface area contributed by atoms with Crippen molar-refractivity contribution in [1.82, 2.24) is 10.2 Å². The van der Waals surface area contributed by atoms with Crippen LogP contribution in [-0.4, -0.2) is 47.1 Å². The molecule has 10 heavy (non-hydrogen) atoms. The van der Waals surface area contributed by atoms with Gasteiger partial charge in [0.1, 0.15) is 6.23 Å². The van der Waals surface area contributed by atoms with E-state index in [2.05, 4.69) is 5.32 Å². The van der Waals surface area contributed by atoms with Gasteiger partial charge in [0.2, 0.25) is 5.85 Å². The van der Waals surface area contributed by atoms with Crippen LogP contribution in [0.2, 0.25) is 0 Å². The number of aliphatic hydroxyl groups is 2. The van der Waals surface area contributed by atoms with E-state index in [4.69, 9.17) is 5.11 Å². The van der Waals surface area contributed by atoms with Crippen molar-refractivity contribution >= 4 is 6.29 Å². The Morgan fingerprint density at radius 1 is 1.90 bits per heavy atom. The summed E-state index contributed by atoms with van der Waals surface area (Å²) < 4.78 is 0. The van der Waals surface area contributed by atoms with Crippen molar-refractivity contribution in [3.05, 3.63) is 0 Å². The standard InChI is InChI=1S/C5H10N2O3/c1-7-4(9)2-6-5(7,10)3-8/h3-4,6,9-10H,2H2,1H3. The second-order valence-corrected chi connectivity index (χ2v) is 2.32. The molecule has 1 rings (SSSR count). The van der Waals surface area contributed by atoms with Crippen LogP contribution in [0.25, 0.3) is 0 Å². The summed E-state index contributed by atoms with van der Waals surface area (Å²) >= 11 is 0. The minimum absolute atomic E-state index is 0.200. The highest BCUT2D eigenvalue weighted by molar-refractivity contribution is 5.61. The van der Waals surface area contributed by atoms with E-state index in [-0.39, 0.29) is 6.54 Å². The van der Waals surface area contributed by atoms with Crippen LogP contribution in [0.4, 0.5) is 0 Å². The third-order valence-electron chi connectivity index (χ3n) is 1.69. The van der Waals surface area contributed by atoms with Crippen molar-refractivity contribution in [2.45, 2.75) is 12.1 Å². The SMILES string of the molecule is CN1C(O)CNC1(O)C=O. The number of rotatable bonds is 1. The van der Waals surface area contributed by atoms with Crippen molar-refractivity contribution in [1.29, 1.82) is 0 Å². The highest BCUT2D eigenvalue weighted by Crippen LogP contribution is 2.12. The molecule has 5 heteroatoms. The van der Waals surface area contributed by atoms with Gasteiger partial charge in [-0.25, -0.2) is 4.90 Å². The average molecular weight is 146 g/mol. The maximum absolute atomic E-state index is 10.2. The summed E-state index contributed by atoms with van der Waals surface area (Å²) in [5, 5.41) is 20.7. The van der Waals surface area contributed by atoms with Gasteiger partial charge >= 0.3 is 0 Å². The minimum atomic E-state index is -1.68. The lowest BCUT2D eigenvalue weighted by atomic mass is 10.4. The maximum atomic E-state index is 10.2. The Hall–Kier alpha value is -0.490. The summed E-state index contributed by atoms with van der Waals surface area (Å²) in [7, 11) is 1.46. The fourth-order valence-electron chi connectivity index (χ4n) is 0.855. The Morgan fingerprint density at radius 2 is 2.50 bits per heavy atom. The molecule has 1 saturated heterocycles. The predicted octanol–water partition coefficient (Wildman–Crippen LogP) is -2.32. The van der Waals surface area contributed by atoms with E-state index in [1.165, 1.54) is 7.05 Å². The topological polar surface area (TPSA) is 72.8 Å². The van der Waals surface area contributed by atoms with Crippen molar-refractivity contribution < 1.29 is 15.0 Å². The number of hydrogen-bond acceptors (Lipinski definition) is 5.